The van der Waals surface area contributed by atoms with Crippen LogP contribution in [0.2, 0.25) is 0 Å². The first-order valence-corrected chi connectivity index (χ1v) is 5.55. The topological polar surface area (TPSA) is 12.0 Å². The fraction of sp³-hybridized carbons (Fsp3) is 1.00. The lowest BCUT2D eigenvalue weighted by atomic mass is 10.1. The van der Waals surface area contributed by atoms with E-state index >= 15 is 0 Å². The van der Waals surface area contributed by atoms with E-state index in [-0.39, 0.29) is 0 Å². The van der Waals surface area contributed by atoms with E-state index in [0.29, 0.717) is 11.4 Å². The Morgan fingerprint density at radius 1 is 1.50 bits per heavy atom. The highest BCUT2D eigenvalue weighted by Gasteiger charge is 2.24. The van der Waals surface area contributed by atoms with E-state index in [1.807, 2.05) is 0 Å². The van der Waals surface area contributed by atoms with Crippen molar-refractivity contribution in [1.82, 2.24) is 5.32 Å². The van der Waals surface area contributed by atoms with Crippen LogP contribution in [-0.4, -0.2) is 18.0 Å². The minimum atomic E-state index is 0.432. The first kappa shape index (κ1) is 10.3. The van der Waals surface area contributed by atoms with Crippen LogP contribution in [0.15, 0.2) is 0 Å². The van der Waals surface area contributed by atoms with Crippen LogP contribution < -0.4 is 5.32 Å². The van der Waals surface area contributed by atoms with Gasteiger partial charge < -0.3 is 5.32 Å². The van der Waals surface area contributed by atoms with Crippen LogP contribution in [0.1, 0.15) is 39.5 Å². The second kappa shape index (κ2) is 5.08. The van der Waals surface area contributed by atoms with Crippen LogP contribution in [0.4, 0.5) is 0 Å². The van der Waals surface area contributed by atoms with Gasteiger partial charge >= 0.3 is 0 Å². The average molecular weight is 190 g/mol. The molecule has 0 aromatic heterocycles. The minimum Gasteiger partial charge on any atom is -0.314 e. The summed E-state index contributed by atoms with van der Waals surface area (Å²) in [4.78, 5) is 0. The molecule has 0 aromatic carbocycles. The van der Waals surface area contributed by atoms with E-state index in [2.05, 4.69) is 19.2 Å². The maximum Gasteiger partial charge on any atom is 0.0376 e. The summed E-state index contributed by atoms with van der Waals surface area (Å²) in [5, 5.41) is 3.95. The number of nitrogens with one attached hydrogen (secondary N) is 1. The molecule has 2 heteroatoms. The molecular weight excluding hydrogens is 170 g/mol. The zero-order valence-electron chi connectivity index (χ0n) is 8.15. The first-order valence-electron chi connectivity index (χ1n) is 5.11. The van der Waals surface area contributed by atoms with Crippen molar-refractivity contribution in [3.05, 3.63) is 0 Å². The molecule has 1 aliphatic carbocycles. The van der Waals surface area contributed by atoms with Gasteiger partial charge in [0.25, 0.3) is 0 Å². The molecule has 0 heterocycles. The summed E-state index contributed by atoms with van der Waals surface area (Å²) in [5.74, 6) is 0.723. The van der Waals surface area contributed by atoms with E-state index < -0.39 is 0 Å². The Bertz CT molecular complexity index is 127. The highest BCUT2D eigenvalue weighted by atomic mass is 35.5. The van der Waals surface area contributed by atoms with E-state index in [9.17, 15) is 0 Å². The molecule has 1 rings (SSSR count). The molecule has 72 valence electrons. The molecule has 0 saturated heterocycles. The monoisotopic (exact) mass is 189 g/mol. The molecule has 0 bridgehead atoms. The molecule has 12 heavy (non-hydrogen) atoms. The van der Waals surface area contributed by atoms with Gasteiger partial charge in [0.1, 0.15) is 0 Å². The summed E-state index contributed by atoms with van der Waals surface area (Å²) in [5.41, 5.74) is 0. The van der Waals surface area contributed by atoms with Gasteiger partial charge in [0.05, 0.1) is 0 Å². The smallest absolute Gasteiger partial charge is 0.0376 e. The summed E-state index contributed by atoms with van der Waals surface area (Å²) >= 11 is 6.16. The Labute approximate surface area is 80.9 Å². The summed E-state index contributed by atoms with van der Waals surface area (Å²) in [6, 6.07) is 0.648. The molecule has 0 aliphatic heterocycles. The lowest BCUT2D eigenvalue weighted by Gasteiger charge is -2.17. The van der Waals surface area contributed by atoms with E-state index in [0.717, 1.165) is 12.5 Å². The van der Waals surface area contributed by atoms with E-state index in [1.165, 1.54) is 25.7 Å². The normalized spacial score (nSPS) is 32.2. The van der Waals surface area contributed by atoms with Crippen molar-refractivity contribution >= 4 is 11.6 Å². The molecular formula is C10H20ClN. The van der Waals surface area contributed by atoms with Gasteiger partial charge in [0, 0.05) is 11.4 Å². The number of halogens is 1. The summed E-state index contributed by atoms with van der Waals surface area (Å²) in [6.07, 6.45) is 5.06. The zero-order valence-corrected chi connectivity index (χ0v) is 8.90. The maximum absolute atomic E-state index is 6.16. The molecule has 1 saturated carbocycles. The third-order valence-corrected chi connectivity index (χ3v) is 3.48. The van der Waals surface area contributed by atoms with Gasteiger partial charge in [-0.3, -0.25) is 0 Å². The lowest BCUT2D eigenvalue weighted by molar-refractivity contribution is 0.442. The lowest BCUT2D eigenvalue weighted by Crippen LogP contribution is -2.32. The Hall–Kier alpha value is 0.250. The number of rotatable bonds is 4. The summed E-state index contributed by atoms with van der Waals surface area (Å²) in [6.45, 7) is 5.56. The van der Waals surface area contributed by atoms with Gasteiger partial charge in [-0.15, -0.1) is 11.6 Å². The average Bonchev–Trinajstić information content (AvgIpc) is 2.47. The largest absolute Gasteiger partial charge is 0.314 e. The van der Waals surface area contributed by atoms with Crippen LogP contribution in [-0.2, 0) is 0 Å². The third-order valence-electron chi connectivity index (χ3n) is 2.91. The van der Waals surface area contributed by atoms with Gasteiger partial charge in [-0.05, 0) is 38.6 Å². The predicted octanol–water partition coefficient (Wildman–Crippen LogP) is 2.78. The second-order valence-corrected chi connectivity index (χ2v) is 4.49. The fourth-order valence-electron chi connectivity index (χ4n) is 1.72. The zero-order chi connectivity index (χ0) is 8.97. The summed E-state index contributed by atoms with van der Waals surface area (Å²) < 4.78 is 0. The first-order chi connectivity index (χ1) is 5.74. The number of hydrogen-bond donors (Lipinski definition) is 1. The van der Waals surface area contributed by atoms with Crippen molar-refractivity contribution in [2.45, 2.75) is 50.9 Å². The molecule has 1 fully saturated rings. The Kier molecular flexibility index (Phi) is 4.38. The van der Waals surface area contributed by atoms with E-state index in [4.69, 9.17) is 11.6 Å². The standard InChI is InChI=1S/C10H20ClN/c1-3-8(2)12-7-9-5-4-6-10(9)11/h8-10,12H,3-7H2,1-2H3. The van der Waals surface area contributed by atoms with E-state index in [1.54, 1.807) is 0 Å². The van der Waals surface area contributed by atoms with Crippen LogP contribution >= 0.6 is 11.6 Å². The summed E-state index contributed by atoms with van der Waals surface area (Å²) in [7, 11) is 0. The quantitative estimate of drug-likeness (QED) is 0.671. The molecule has 0 spiro atoms. The molecule has 0 aromatic rings. The molecule has 1 nitrogen and oxygen atoms in total. The highest BCUT2D eigenvalue weighted by Crippen LogP contribution is 2.29. The molecule has 0 amide bonds. The molecule has 3 unspecified atom stereocenters. The Morgan fingerprint density at radius 3 is 2.75 bits per heavy atom. The van der Waals surface area contributed by atoms with Crippen molar-refractivity contribution in [3.63, 3.8) is 0 Å². The Morgan fingerprint density at radius 2 is 2.25 bits per heavy atom. The van der Waals surface area contributed by atoms with Crippen LogP contribution in [0.5, 0.6) is 0 Å². The molecule has 3 atom stereocenters. The van der Waals surface area contributed by atoms with Gasteiger partial charge in [0.15, 0.2) is 0 Å². The van der Waals surface area contributed by atoms with Gasteiger partial charge in [-0.2, -0.15) is 0 Å². The van der Waals surface area contributed by atoms with Crippen molar-refractivity contribution in [2.24, 2.45) is 5.92 Å². The van der Waals surface area contributed by atoms with Crippen molar-refractivity contribution in [3.8, 4) is 0 Å². The molecule has 1 aliphatic rings. The second-order valence-electron chi connectivity index (χ2n) is 3.92. The number of alkyl halides is 1. The Balaban J connectivity index is 2.13. The van der Waals surface area contributed by atoms with Gasteiger partial charge in [-0.25, -0.2) is 0 Å². The van der Waals surface area contributed by atoms with Crippen molar-refractivity contribution in [2.75, 3.05) is 6.54 Å². The van der Waals surface area contributed by atoms with Crippen molar-refractivity contribution in [1.29, 1.82) is 0 Å². The predicted molar refractivity (Wildman–Crippen MR) is 54.7 cm³/mol. The minimum absolute atomic E-state index is 0.432. The van der Waals surface area contributed by atoms with Crippen LogP contribution in [0.25, 0.3) is 0 Å². The molecule has 1 N–H and O–H groups in total. The van der Waals surface area contributed by atoms with Gasteiger partial charge in [0.2, 0.25) is 0 Å². The van der Waals surface area contributed by atoms with Crippen LogP contribution in [0.3, 0.4) is 0 Å². The fourth-order valence-corrected chi connectivity index (χ4v) is 2.09. The molecule has 0 radical (unpaired) electrons. The maximum atomic E-state index is 6.16. The van der Waals surface area contributed by atoms with Crippen LogP contribution in [0, 0.1) is 5.92 Å². The SMILES string of the molecule is CCC(C)NCC1CCCC1Cl. The number of hydrogen-bond acceptors (Lipinski definition) is 1. The third kappa shape index (κ3) is 2.95. The van der Waals surface area contributed by atoms with Crippen molar-refractivity contribution < 1.29 is 0 Å². The highest BCUT2D eigenvalue weighted by molar-refractivity contribution is 6.20. The van der Waals surface area contributed by atoms with Gasteiger partial charge in [-0.1, -0.05) is 13.3 Å².